The van der Waals surface area contributed by atoms with Gasteiger partial charge in [0.25, 0.3) is 0 Å². The second-order valence-electron chi connectivity index (χ2n) is 3.05. The van der Waals surface area contributed by atoms with Gasteiger partial charge >= 0.3 is 6.18 Å². The van der Waals surface area contributed by atoms with Crippen LogP contribution in [0, 0.1) is 5.82 Å². The molecular weight excluding hydrogens is 246 g/mol. The van der Waals surface area contributed by atoms with Crippen LogP contribution in [-0.4, -0.2) is 23.1 Å². The normalized spacial score (nSPS) is 13.8. The highest BCUT2D eigenvalue weighted by atomic mass is 32.2. The number of rotatable bonds is 3. The van der Waals surface area contributed by atoms with Gasteiger partial charge in [0, 0.05) is 16.3 Å². The summed E-state index contributed by atoms with van der Waals surface area (Å²) in [6.45, 7) is 0. The molecule has 0 radical (unpaired) electrons. The third kappa shape index (κ3) is 3.57. The Labute approximate surface area is 93.4 Å². The predicted molar refractivity (Wildman–Crippen MR) is 53.6 cm³/mol. The lowest BCUT2D eigenvalue weighted by molar-refractivity contribution is -0.195. The fourth-order valence-corrected chi connectivity index (χ4v) is 1.83. The summed E-state index contributed by atoms with van der Waals surface area (Å²) < 4.78 is 48.5. The number of anilines is 1. The molecule has 0 saturated heterocycles. The van der Waals surface area contributed by atoms with Crippen LogP contribution >= 0.6 is 11.8 Å². The summed E-state index contributed by atoms with van der Waals surface area (Å²) in [6.07, 6.45) is -7.07. The van der Waals surface area contributed by atoms with Crippen molar-refractivity contribution in [3.8, 4) is 0 Å². The molecule has 1 rings (SSSR count). The average molecular weight is 255 g/mol. The standard InChI is InChI=1S/C9H9F4NOS/c10-5-1-2-7(6(14)3-5)16-4-8(15)9(11,12)13/h1-3,8,15H,4,14H2. The molecule has 1 atom stereocenters. The number of aliphatic hydroxyl groups excluding tert-OH is 1. The number of alkyl halides is 3. The van der Waals surface area contributed by atoms with Gasteiger partial charge in [0.1, 0.15) is 5.82 Å². The second-order valence-corrected chi connectivity index (χ2v) is 4.11. The van der Waals surface area contributed by atoms with Crippen LogP contribution < -0.4 is 5.73 Å². The van der Waals surface area contributed by atoms with Crippen LogP contribution in [0.1, 0.15) is 0 Å². The minimum atomic E-state index is -4.65. The molecule has 0 heterocycles. The van der Waals surface area contributed by atoms with E-state index in [9.17, 15) is 17.6 Å². The van der Waals surface area contributed by atoms with Crippen LogP contribution in [0.5, 0.6) is 0 Å². The zero-order valence-corrected chi connectivity index (χ0v) is 8.78. The number of thioether (sulfide) groups is 1. The van der Waals surface area contributed by atoms with Crippen molar-refractivity contribution < 1.29 is 22.7 Å². The van der Waals surface area contributed by atoms with E-state index in [1.807, 2.05) is 0 Å². The van der Waals surface area contributed by atoms with E-state index >= 15 is 0 Å². The average Bonchev–Trinajstić information content (AvgIpc) is 2.14. The largest absolute Gasteiger partial charge is 0.415 e. The lowest BCUT2D eigenvalue weighted by Gasteiger charge is -2.14. The fourth-order valence-electron chi connectivity index (χ4n) is 0.914. The van der Waals surface area contributed by atoms with Gasteiger partial charge in [0.2, 0.25) is 0 Å². The molecule has 2 nitrogen and oxygen atoms in total. The zero-order chi connectivity index (χ0) is 12.3. The number of hydrogen-bond donors (Lipinski definition) is 2. The van der Waals surface area contributed by atoms with Crippen molar-refractivity contribution in [2.75, 3.05) is 11.5 Å². The Kier molecular flexibility index (Phi) is 4.03. The number of halogens is 4. The molecule has 0 aromatic heterocycles. The Morgan fingerprint density at radius 2 is 2.00 bits per heavy atom. The third-order valence-electron chi connectivity index (χ3n) is 1.75. The maximum absolute atomic E-state index is 12.6. The van der Waals surface area contributed by atoms with Gasteiger partial charge in [-0.1, -0.05) is 0 Å². The lowest BCUT2D eigenvalue weighted by Crippen LogP contribution is -2.30. The van der Waals surface area contributed by atoms with Crippen molar-refractivity contribution in [3.05, 3.63) is 24.0 Å². The first-order chi connectivity index (χ1) is 7.30. The summed E-state index contributed by atoms with van der Waals surface area (Å²) in [6, 6.07) is 3.39. The summed E-state index contributed by atoms with van der Waals surface area (Å²) in [5, 5.41) is 8.73. The molecule has 90 valence electrons. The molecule has 0 aliphatic heterocycles. The number of nitrogens with two attached hydrogens (primary N) is 1. The van der Waals surface area contributed by atoms with E-state index in [4.69, 9.17) is 10.8 Å². The molecule has 1 aromatic carbocycles. The van der Waals surface area contributed by atoms with Crippen molar-refractivity contribution in [1.82, 2.24) is 0 Å². The molecule has 0 bridgehead atoms. The monoisotopic (exact) mass is 255 g/mol. The lowest BCUT2D eigenvalue weighted by atomic mass is 10.3. The predicted octanol–water partition coefficient (Wildman–Crippen LogP) is 2.42. The third-order valence-corrected chi connectivity index (χ3v) is 2.91. The Bertz CT molecular complexity index is 369. The molecule has 1 aromatic rings. The number of nitrogen functional groups attached to an aromatic ring is 1. The minimum Gasteiger partial charge on any atom is -0.398 e. The van der Waals surface area contributed by atoms with E-state index in [0.29, 0.717) is 4.90 Å². The van der Waals surface area contributed by atoms with E-state index < -0.39 is 23.9 Å². The van der Waals surface area contributed by atoms with Crippen LogP contribution in [0.4, 0.5) is 23.2 Å². The van der Waals surface area contributed by atoms with Crippen molar-refractivity contribution >= 4 is 17.4 Å². The first-order valence-electron chi connectivity index (χ1n) is 4.23. The Morgan fingerprint density at radius 3 is 2.50 bits per heavy atom. The molecular formula is C9H9F4NOS. The van der Waals surface area contributed by atoms with Crippen LogP contribution in [-0.2, 0) is 0 Å². The van der Waals surface area contributed by atoms with Crippen LogP contribution in [0.2, 0.25) is 0 Å². The molecule has 0 spiro atoms. The van der Waals surface area contributed by atoms with E-state index in [1.54, 1.807) is 0 Å². The molecule has 0 aliphatic carbocycles. The van der Waals surface area contributed by atoms with Gasteiger partial charge in [-0.05, 0) is 18.2 Å². The van der Waals surface area contributed by atoms with Gasteiger partial charge in [-0.25, -0.2) is 4.39 Å². The Hall–Kier alpha value is -0.950. The smallest absolute Gasteiger partial charge is 0.398 e. The first kappa shape index (κ1) is 13.1. The van der Waals surface area contributed by atoms with Crippen molar-refractivity contribution in [2.24, 2.45) is 0 Å². The van der Waals surface area contributed by atoms with Crippen molar-refractivity contribution in [3.63, 3.8) is 0 Å². The van der Waals surface area contributed by atoms with E-state index in [1.165, 1.54) is 6.07 Å². The van der Waals surface area contributed by atoms with Crippen LogP contribution in [0.3, 0.4) is 0 Å². The van der Waals surface area contributed by atoms with Crippen LogP contribution in [0.15, 0.2) is 23.1 Å². The van der Waals surface area contributed by atoms with E-state index in [0.717, 1.165) is 23.9 Å². The summed E-state index contributed by atoms with van der Waals surface area (Å²) in [4.78, 5) is 0.310. The molecule has 0 saturated carbocycles. The molecule has 1 unspecified atom stereocenters. The van der Waals surface area contributed by atoms with Gasteiger partial charge in [-0.3, -0.25) is 0 Å². The highest BCUT2D eigenvalue weighted by Crippen LogP contribution is 2.30. The minimum absolute atomic E-state index is 0.0550. The Balaban J connectivity index is 2.62. The quantitative estimate of drug-likeness (QED) is 0.495. The van der Waals surface area contributed by atoms with Crippen LogP contribution in [0.25, 0.3) is 0 Å². The fraction of sp³-hybridized carbons (Fsp3) is 0.333. The van der Waals surface area contributed by atoms with Crippen molar-refractivity contribution in [2.45, 2.75) is 17.2 Å². The first-order valence-corrected chi connectivity index (χ1v) is 5.22. The van der Waals surface area contributed by atoms with Crippen molar-refractivity contribution in [1.29, 1.82) is 0 Å². The van der Waals surface area contributed by atoms with E-state index in [2.05, 4.69) is 0 Å². The molecule has 7 heteroatoms. The molecule has 0 aliphatic rings. The molecule has 16 heavy (non-hydrogen) atoms. The van der Waals surface area contributed by atoms with Gasteiger partial charge in [0.05, 0.1) is 0 Å². The van der Waals surface area contributed by atoms with Gasteiger partial charge in [-0.2, -0.15) is 13.2 Å². The maximum atomic E-state index is 12.6. The highest BCUT2D eigenvalue weighted by molar-refractivity contribution is 7.99. The van der Waals surface area contributed by atoms with Gasteiger partial charge < -0.3 is 10.8 Å². The molecule has 0 fully saturated rings. The second kappa shape index (κ2) is 4.92. The summed E-state index contributed by atoms with van der Waals surface area (Å²) in [5.74, 6) is -1.13. The summed E-state index contributed by atoms with van der Waals surface area (Å²) in [5.41, 5.74) is 5.45. The zero-order valence-electron chi connectivity index (χ0n) is 7.96. The summed E-state index contributed by atoms with van der Waals surface area (Å²) >= 11 is 0.729. The molecule has 3 N–H and O–H groups in total. The topological polar surface area (TPSA) is 46.2 Å². The van der Waals surface area contributed by atoms with Gasteiger partial charge in [-0.15, -0.1) is 11.8 Å². The van der Waals surface area contributed by atoms with Gasteiger partial charge in [0.15, 0.2) is 6.10 Å². The Morgan fingerprint density at radius 1 is 1.38 bits per heavy atom. The number of benzene rings is 1. The SMILES string of the molecule is Nc1cc(F)ccc1SCC(O)C(F)(F)F. The van der Waals surface area contributed by atoms with E-state index in [-0.39, 0.29) is 5.69 Å². The number of aliphatic hydroxyl groups is 1. The molecule has 0 amide bonds. The summed E-state index contributed by atoms with van der Waals surface area (Å²) in [7, 11) is 0. The maximum Gasteiger partial charge on any atom is 0.415 e. The highest BCUT2D eigenvalue weighted by Gasteiger charge is 2.37. The number of hydrogen-bond acceptors (Lipinski definition) is 3.